The molecule has 0 aliphatic heterocycles. The van der Waals surface area contributed by atoms with E-state index in [0.717, 1.165) is 56.4 Å². The Kier molecular flexibility index (Phi) is 8.28. The van der Waals surface area contributed by atoms with Crippen molar-refractivity contribution in [3.63, 3.8) is 0 Å². The average molecular weight is 558 g/mol. The van der Waals surface area contributed by atoms with Gasteiger partial charge in [0, 0.05) is 72.0 Å². The molecule has 0 amide bonds. The summed E-state index contributed by atoms with van der Waals surface area (Å²) in [6.45, 7) is 0. The molecule has 0 spiro atoms. The SMILES string of the molecule is CN=C(c1ccccc1)c1cccc(N(c2cc[n+](-c3ccccc3)cc2)c2cccc(C(=NC)c3ccccc3)c2)c1. The number of benzene rings is 5. The van der Waals surface area contributed by atoms with Gasteiger partial charge in [-0.1, -0.05) is 103 Å². The number of rotatable bonds is 8. The first kappa shape index (κ1) is 27.6. The first-order valence-electron chi connectivity index (χ1n) is 14.4. The van der Waals surface area contributed by atoms with Crippen LogP contribution in [0.15, 0.2) is 174 Å². The summed E-state index contributed by atoms with van der Waals surface area (Å²) in [4.78, 5) is 11.7. The van der Waals surface area contributed by atoms with E-state index >= 15 is 0 Å². The van der Waals surface area contributed by atoms with Crippen LogP contribution in [0.2, 0.25) is 0 Å². The summed E-state index contributed by atoms with van der Waals surface area (Å²) >= 11 is 0. The lowest BCUT2D eigenvalue weighted by atomic mass is 10.00. The maximum absolute atomic E-state index is 4.68. The van der Waals surface area contributed by atoms with E-state index in [9.17, 15) is 0 Å². The molecule has 0 saturated carbocycles. The molecule has 0 atom stereocenters. The number of anilines is 3. The average Bonchev–Trinajstić information content (AvgIpc) is 3.08. The van der Waals surface area contributed by atoms with Gasteiger partial charge in [0.15, 0.2) is 12.4 Å². The lowest BCUT2D eigenvalue weighted by Gasteiger charge is -2.26. The summed E-state index contributed by atoms with van der Waals surface area (Å²) in [5.41, 5.74) is 10.4. The molecule has 1 heterocycles. The summed E-state index contributed by atoms with van der Waals surface area (Å²) in [6.07, 6.45) is 4.22. The zero-order valence-electron chi connectivity index (χ0n) is 24.4. The van der Waals surface area contributed by atoms with Gasteiger partial charge in [-0.2, -0.15) is 4.57 Å². The zero-order valence-corrected chi connectivity index (χ0v) is 24.4. The van der Waals surface area contributed by atoms with E-state index in [2.05, 4.69) is 141 Å². The fourth-order valence-electron chi connectivity index (χ4n) is 5.41. The third-order valence-corrected chi connectivity index (χ3v) is 7.42. The van der Waals surface area contributed by atoms with Crippen LogP contribution in [0.1, 0.15) is 22.3 Å². The van der Waals surface area contributed by atoms with Crippen LogP contribution in [0, 0.1) is 0 Å². The van der Waals surface area contributed by atoms with Crippen LogP contribution in [-0.4, -0.2) is 25.5 Å². The molecule has 0 radical (unpaired) electrons. The molecule has 0 saturated heterocycles. The molecule has 4 heteroatoms. The van der Waals surface area contributed by atoms with Gasteiger partial charge in [0.05, 0.1) is 17.1 Å². The molecule has 0 unspecified atom stereocenters. The second-order valence-electron chi connectivity index (χ2n) is 10.1. The van der Waals surface area contributed by atoms with Gasteiger partial charge in [-0.3, -0.25) is 9.98 Å². The summed E-state index contributed by atoms with van der Waals surface area (Å²) in [5, 5.41) is 0. The predicted octanol–water partition coefficient (Wildman–Crippen LogP) is 8.37. The molecule has 0 N–H and O–H groups in total. The van der Waals surface area contributed by atoms with Crippen LogP contribution in [0.5, 0.6) is 0 Å². The fourth-order valence-corrected chi connectivity index (χ4v) is 5.41. The molecule has 43 heavy (non-hydrogen) atoms. The highest BCUT2D eigenvalue weighted by Crippen LogP contribution is 2.35. The standard InChI is InChI=1S/C39H33N4/c1-40-38(30-14-6-3-7-15-30)32-18-12-22-36(28-32)43(35-24-26-42(27-25-35)34-20-10-5-11-21-34)37-23-13-19-33(29-37)39(41-2)31-16-8-4-9-17-31/h3-29H,1-2H3/q+1. The Labute approximate surface area is 253 Å². The second kappa shape index (κ2) is 12.9. The van der Waals surface area contributed by atoms with E-state index in [0.29, 0.717) is 0 Å². The number of nitrogens with zero attached hydrogens (tertiary/aromatic N) is 4. The van der Waals surface area contributed by atoms with E-state index in [1.807, 2.05) is 56.6 Å². The molecule has 1 aromatic heterocycles. The molecule has 0 aliphatic carbocycles. The van der Waals surface area contributed by atoms with E-state index in [1.165, 1.54) is 0 Å². The third-order valence-electron chi connectivity index (χ3n) is 7.42. The van der Waals surface area contributed by atoms with Crippen molar-refractivity contribution in [2.45, 2.75) is 0 Å². The smallest absolute Gasteiger partial charge is 0.210 e. The van der Waals surface area contributed by atoms with E-state index in [1.54, 1.807) is 0 Å². The van der Waals surface area contributed by atoms with Gasteiger partial charge in [-0.15, -0.1) is 0 Å². The number of hydrogen-bond donors (Lipinski definition) is 0. The van der Waals surface area contributed by atoms with Crippen LogP contribution < -0.4 is 9.47 Å². The highest BCUT2D eigenvalue weighted by atomic mass is 15.1. The fraction of sp³-hybridized carbons (Fsp3) is 0.0513. The van der Waals surface area contributed by atoms with Gasteiger partial charge >= 0.3 is 0 Å². The topological polar surface area (TPSA) is 31.8 Å². The quantitative estimate of drug-likeness (QED) is 0.137. The first-order chi connectivity index (χ1) is 21.2. The zero-order chi connectivity index (χ0) is 29.4. The van der Waals surface area contributed by atoms with Crippen molar-refractivity contribution >= 4 is 28.5 Å². The highest BCUT2D eigenvalue weighted by Gasteiger charge is 2.18. The van der Waals surface area contributed by atoms with Crippen LogP contribution in [0.4, 0.5) is 17.1 Å². The molecular weight excluding hydrogens is 524 g/mol. The lowest BCUT2D eigenvalue weighted by Crippen LogP contribution is -2.29. The van der Waals surface area contributed by atoms with Crippen molar-refractivity contribution in [2.75, 3.05) is 19.0 Å². The molecule has 6 rings (SSSR count). The Balaban J connectivity index is 1.47. The molecule has 208 valence electrons. The Morgan fingerprint density at radius 1 is 0.442 bits per heavy atom. The predicted molar refractivity (Wildman–Crippen MR) is 179 cm³/mol. The van der Waals surface area contributed by atoms with Crippen molar-refractivity contribution in [1.29, 1.82) is 0 Å². The number of aromatic nitrogens is 1. The number of hydrogen-bond acceptors (Lipinski definition) is 3. The highest BCUT2D eigenvalue weighted by molar-refractivity contribution is 6.14. The van der Waals surface area contributed by atoms with Gasteiger partial charge in [0.25, 0.3) is 0 Å². The summed E-state index contributed by atoms with van der Waals surface area (Å²) in [6, 6.07) is 52.5. The van der Waals surface area contributed by atoms with Crippen LogP contribution in [-0.2, 0) is 0 Å². The van der Waals surface area contributed by atoms with Gasteiger partial charge in [-0.25, -0.2) is 0 Å². The molecule has 0 aliphatic rings. The van der Waals surface area contributed by atoms with E-state index in [4.69, 9.17) is 0 Å². The molecular formula is C39H33N4+. The van der Waals surface area contributed by atoms with Gasteiger partial charge in [0.1, 0.15) is 0 Å². The monoisotopic (exact) mass is 557 g/mol. The molecule has 0 fully saturated rings. The molecule has 4 nitrogen and oxygen atoms in total. The van der Waals surface area contributed by atoms with Crippen molar-refractivity contribution in [1.82, 2.24) is 0 Å². The number of para-hydroxylation sites is 1. The maximum Gasteiger partial charge on any atom is 0.210 e. The number of pyridine rings is 1. The summed E-state index contributed by atoms with van der Waals surface area (Å²) < 4.78 is 2.13. The molecule has 0 bridgehead atoms. The number of aliphatic imine (C=N–C) groups is 2. The van der Waals surface area contributed by atoms with Gasteiger partial charge in [-0.05, 0) is 24.3 Å². The van der Waals surface area contributed by atoms with Crippen LogP contribution in [0.25, 0.3) is 5.69 Å². The first-order valence-corrected chi connectivity index (χ1v) is 14.4. The van der Waals surface area contributed by atoms with Crippen molar-refractivity contribution < 1.29 is 4.57 Å². The Morgan fingerprint density at radius 2 is 0.860 bits per heavy atom. The Hall–Kier alpha value is -5.61. The largest absolute Gasteiger partial charge is 0.310 e. The molecule has 6 aromatic rings. The normalized spacial score (nSPS) is 11.8. The van der Waals surface area contributed by atoms with Crippen molar-refractivity contribution in [3.8, 4) is 5.69 Å². The minimum Gasteiger partial charge on any atom is -0.310 e. The second-order valence-corrected chi connectivity index (χ2v) is 10.1. The molecule has 5 aromatic carbocycles. The minimum absolute atomic E-state index is 0.954. The minimum atomic E-state index is 0.954. The van der Waals surface area contributed by atoms with E-state index < -0.39 is 0 Å². The van der Waals surface area contributed by atoms with Gasteiger partial charge < -0.3 is 4.90 Å². The van der Waals surface area contributed by atoms with Crippen molar-refractivity contribution in [3.05, 3.63) is 186 Å². The summed E-state index contributed by atoms with van der Waals surface area (Å²) in [7, 11) is 3.70. The maximum atomic E-state index is 4.68. The Morgan fingerprint density at radius 3 is 1.30 bits per heavy atom. The van der Waals surface area contributed by atoms with Crippen LogP contribution >= 0.6 is 0 Å². The Bertz CT molecular complexity index is 1760. The summed E-state index contributed by atoms with van der Waals surface area (Å²) in [5.74, 6) is 0. The third kappa shape index (κ3) is 6.04. The van der Waals surface area contributed by atoms with E-state index in [-0.39, 0.29) is 0 Å². The van der Waals surface area contributed by atoms with Crippen molar-refractivity contribution in [2.24, 2.45) is 9.98 Å². The lowest BCUT2D eigenvalue weighted by molar-refractivity contribution is -0.595. The van der Waals surface area contributed by atoms with Crippen LogP contribution in [0.3, 0.4) is 0 Å². The van der Waals surface area contributed by atoms with Gasteiger partial charge in [0.2, 0.25) is 5.69 Å².